The molecule has 5 rings (SSSR count). The Morgan fingerprint density at radius 2 is 1.87 bits per heavy atom. The SMILES string of the molecule is COC(=O)c1ccc2c(c1)CCC(C)C(c1cccc(Cl)c1)=C2c1cccc(OC2CCN(CCCF)C2)c1. The highest BCUT2D eigenvalue weighted by Crippen LogP contribution is 2.44. The number of hydrogen-bond donors (Lipinski definition) is 0. The lowest BCUT2D eigenvalue weighted by Gasteiger charge is -2.22. The second kappa shape index (κ2) is 12.4. The van der Waals surface area contributed by atoms with Crippen LogP contribution >= 0.6 is 11.6 Å². The highest BCUT2D eigenvalue weighted by atomic mass is 35.5. The molecule has 2 unspecified atom stereocenters. The minimum atomic E-state index is -0.330. The minimum Gasteiger partial charge on any atom is -0.489 e. The van der Waals surface area contributed by atoms with Crippen molar-refractivity contribution in [2.24, 2.45) is 5.92 Å². The Balaban J connectivity index is 1.58. The molecular weight excluding hydrogens is 513 g/mol. The number of fused-ring (bicyclic) bond motifs is 1. The molecule has 0 amide bonds. The van der Waals surface area contributed by atoms with Gasteiger partial charge in [0, 0.05) is 24.7 Å². The first-order valence-corrected chi connectivity index (χ1v) is 14.1. The van der Waals surface area contributed by atoms with Gasteiger partial charge in [-0.1, -0.05) is 48.9 Å². The van der Waals surface area contributed by atoms with Crippen molar-refractivity contribution in [2.75, 3.05) is 33.4 Å². The third kappa shape index (κ3) is 6.21. The number of ether oxygens (including phenoxy) is 2. The van der Waals surface area contributed by atoms with E-state index in [4.69, 9.17) is 21.1 Å². The summed E-state index contributed by atoms with van der Waals surface area (Å²) in [7, 11) is 1.41. The van der Waals surface area contributed by atoms with Crippen LogP contribution in [0.5, 0.6) is 5.75 Å². The summed E-state index contributed by atoms with van der Waals surface area (Å²) in [5.74, 6) is 0.756. The second-order valence-corrected chi connectivity index (χ2v) is 10.9. The van der Waals surface area contributed by atoms with E-state index in [1.165, 1.54) is 12.7 Å². The molecule has 1 fully saturated rings. The summed E-state index contributed by atoms with van der Waals surface area (Å²) in [6, 6.07) is 22.2. The molecule has 39 heavy (non-hydrogen) atoms. The zero-order valence-electron chi connectivity index (χ0n) is 22.6. The molecule has 2 atom stereocenters. The lowest BCUT2D eigenvalue weighted by Crippen LogP contribution is -2.26. The number of rotatable bonds is 8. The molecule has 0 bridgehead atoms. The van der Waals surface area contributed by atoms with Gasteiger partial charge in [-0.3, -0.25) is 9.29 Å². The number of likely N-dealkylation sites (tertiary alicyclic amines) is 1. The van der Waals surface area contributed by atoms with Crippen LogP contribution in [-0.2, 0) is 11.2 Å². The zero-order valence-corrected chi connectivity index (χ0v) is 23.3. The first kappa shape index (κ1) is 27.4. The predicted molar refractivity (Wildman–Crippen MR) is 155 cm³/mol. The number of halogens is 2. The van der Waals surface area contributed by atoms with Gasteiger partial charge in [0.05, 0.1) is 19.3 Å². The van der Waals surface area contributed by atoms with Crippen LogP contribution in [0.2, 0.25) is 5.02 Å². The molecule has 204 valence electrons. The summed E-state index contributed by atoms with van der Waals surface area (Å²) >= 11 is 6.46. The average molecular weight is 548 g/mol. The number of aryl methyl sites for hydroxylation is 1. The number of carbonyl (C=O) groups is 1. The Hall–Kier alpha value is -3.15. The summed E-state index contributed by atoms with van der Waals surface area (Å²) in [4.78, 5) is 14.6. The number of nitrogens with zero attached hydrogens (tertiary/aromatic N) is 1. The van der Waals surface area contributed by atoms with Gasteiger partial charge >= 0.3 is 5.97 Å². The van der Waals surface area contributed by atoms with Crippen LogP contribution in [0.3, 0.4) is 0 Å². The van der Waals surface area contributed by atoms with Gasteiger partial charge in [0.2, 0.25) is 0 Å². The minimum absolute atomic E-state index is 0.0872. The molecular formula is C33H35ClFNO3. The molecule has 1 heterocycles. The standard InChI is InChI=1S/C33H35ClFNO3/c1-22-10-11-23-18-26(33(37)38-2)12-13-30(23)32(31(22)24-6-3-8-27(34)19-24)25-7-4-9-28(20-25)39-29-14-17-36(21-29)16-5-15-35/h3-4,6-9,12-13,18-20,22,29H,5,10-11,14-17,21H2,1-2H3. The molecule has 0 aromatic heterocycles. The third-order valence-corrected chi connectivity index (χ3v) is 8.04. The van der Waals surface area contributed by atoms with Gasteiger partial charge in [0.25, 0.3) is 0 Å². The summed E-state index contributed by atoms with van der Waals surface area (Å²) in [6.07, 6.45) is 3.38. The second-order valence-electron chi connectivity index (χ2n) is 10.5. The molecule has 3 aromatic rings. The van der Waals surface area contributed by atoms with Crippen molar-refractivity contribution in [3.63, 3.8) is 0 Å². The number of carbonyl (C=O) groups excluding carboxylic acids is 1. The molecule has 1 saturated heterocycles. The normalized spacial score (nSPS) is 19.5. The molecule has 0 N–H and O–H groups in total. The van der Waals surface area contributed by atoms with E-state index in [0.717, 1.165) is 72.5 Å². The van der Waals surface area contributed by atoms with E-state index in [0.29, 0.717) is 17.0 Å². The largest absolute Gasteiger partial charge is 0.489 e. The van der Waals surface area contributed by atoms with E-state index in [1.54, 1.807) is 0 Å². The molecule has 6 heteroatoms. The molecule has 0 radical (unpaired) electrons. The third-order valence-electron chi connectivity index (χ3n) is 7.80. The van der Waals surface area contributed by atoms with Crippen molar-refractivity contribution in [3.8, 4) is 5.75 Å². The van der Waals surface area contributed by atoms with E-state index >= 15 is 0 Å². The maximum atomic E-state index is 12.6. The molecule has 0 spiro atoms. The smallest absolute Gasteiger partial charge is 0.337 e. The molecule has 1 aliphatic heterocycles. The van der Waals surface area contributed by atoms with Gasteiger partial charge in [0.15, 0.2) is 0 Å². The lowest BCUT2D eigenvalue weighted by molar-refractivity contribution is 0.0600. The van der Waals surface area contributed by atoms with E-state index in [9.17, 15) is 9.18 Å². The van der Waals surface area contributed by atoms with Gasteiger partial charge in [-0.2, -0.15) is 0 Å². The van der Waals surface area contributed by atoms with Crippen molar-refractivity contribution >= 4 is 28.7 Å². The van der Waals surface area contributed by atoms with Gasteiger partial charge in [-0.15, -0.1) is 0 Å². The monoisotopic (exact) mass is 547 g/mol. The fourth-order valence-electron chi connectivity index (χ4n) is 5.89. The zero-order chi connectivity index (χ0) is 27.4. The van der Waals surface area contributed by atoms with E-state index in [2.05, 4.69) is 30.0 Å². The Kier molecular flexibility index (Phi) is 8.69. The van der Waals surface area contributed by atoms with E-state index < -0.39 is 0 Å². The molecule has 3 aromatic carbocycles. The van der Waals surface area contributed by atoms with Crippen LogP contribution in [0.1, 0.15) is 58.8 Å². The molecule has 2 aliphatic rings. The van der Waals surface area contributed by atoms with E-state index in [-0.39, 0.29) is 24.7 Å². The fraction of sp³-hybridized carbons (Fsp3) is 0.364. The first-order chi connectivity index (χ1) is 19.0. The maximum Gasteiger partial charge on any atom is 0.337 e. The Morgan fingerprint density at radius 3 is 2.67 bits per heavy atom. The van der Waals surface area contributed by atoms with Gasteiger partial charge in [-0.05, 0) is 101 Å². The summed E-state index contributed by atoms with van der Waals surface area (Å²) in [6.45, 7) is 4.50. The first-order valence-electron chi connectivity index (χ1n) is 13.7. The summed E-state index contributed by atoms with van der Waals surface area (Å²) < 4.78 is 24.1. The van der Waals surface area contributed by atoms with Crippen molar-refractivity contribution in [3.05, 3.63) is 99.6 Å². The quantitative estimate of drug-likeness (QED) is 0.274. The number of methoxy groups -OCH3 is 1. The molecule has 0 saturated carbocycles. The summed E-state index contributed by atoms with van der Waals surface area (Å²) in [5.41, 5.74) is 7.33. The van der Waals surface area contributed by atoms with Crippen LogP contribution in [0.4, 0.5) is 4.39 Å². The maximum absolute atomic E-state index is 12.6. The topological polar surface area (TPSA) is 38.8 Å². The average Bonchev–Trinajstić information content (AvgIpc) is 3.33. The highest BCUT2D eigenvalue weighted by molar-refractivity contribution is 6.30. The number of alkyl halides is 1. The number of hydrogen-bond acceptors (Lipinski definition) is 4. The Morgan fingerprint density at radius 1 is 1.05 bits per heavy atom. The van der Waals surface area contributed by atoms with Crippen LogP contribution in [0.25, 0.3) is 11.1 Å². The van der Waals surface area contributed by atoms with Crippen molar-refractivity contribution in [1.82, 2.24) is 4.90 Å². The molecule has 4 nitrogen and oxygen atoms in total. The van der Waals surface area contributed by atoms with Crippen LogP contribution in [-0.4, -0.2) is 50.4 Å². The number of benzene rings is 3. The highest BCUT2D eigenvalue weighted by Gasteiger charge is 2.27. The molecule has 1 aliphatic carbocycles. The van der Waals surface area contributed by atoms with Crippen LogP contribution in [0, 0.1) is 5.92 Å². The summed E-state index contributed by atoms with van der Waals surface area (Å²) in [5, 5.41) is 0.702. The predicted octanol–water partition coefficient (Wildman–Crippen LogP) is 7.48. The Bertz CT molecular complexity index is 1370. The van der Waals surface area contributed by atoms with Gasteiger partial charge in [0.1, 0.15) is 11.9 Å². The van der Waals surface area contributed by atoms with Crippen molar-refractivity contribution in [2.45, 2.75) is 38.7 Å². The van der Waals surface area contributed by atoms with E-state index in [1.807, 2.05) is 48.5 Å². The lowest BCUT2D eigenvalue weighted by atomic mass is 9.84. The van der Waals surface area contributed by atoms with Gasteiger partial charge in [-0.25, -0.2) is 4.79 Å². The van der Waals surface area contributed by atoms with Gasteiger partial charge < -0.3 is 9.47 Å². The van der Waals surface area contributed by atoms with Crippen molar-refractivity contribution in [1.29, 1.82) is 0 Å². The fourth-order valence-corrected chi connectivity index (χ4v) is 6.08. The van der Waals surface area contributed by atoms with Crippen molar-refractivity contribution < 1.29 is 18.7 Å². The Labute approximate surface area is 235 Å². The van der Waals surface area contributed by atoms with Crippen LogP contribution in [0.15, 0.2) is 66.7 Å². The van der Waals surface area contributed by atoms with Crippen LogP contribution < -0.4 is 4.74 Å². The number of allylic oxidation sites excluding steroid dienone is 1. The number of esters is 1.